The molecule has 1 amide bonds. The molecule has 0 spiro atoms. The fourth-order valence-electron chi connectivity index (χ4n) is 2.95. The minimum Gasteiger partial charge on any atom is -0.493 e. The van der Waals surface area contributed by atoms with E-state index >= 15 is 0 Å². The highest BCUT2D eigenvalue weighted by Crippen LogP contribution is 2.37. The number of carbonyl (C=O) groups is 1. The van der Waals surface area contributed by atoms with Crippen molar-refractivity contribution in [2.45, 2.75) is 0 Å². The first-order valence-electron chi connectivity index (χ1n) is 9.57. The molecular formula is C23H24N2O6S. The first-order chi connectivity index (χ1) is 15.2. The summed E-state index contributed by atoms with van der Waals surface area (Å²) < 4.78 is 41.8. The van der Waals surface area contributed by atoms with E-state index in [4.69, 9.17) is 14.2 Å². The van der Waals surface area contributed by atoms with E-state index < -0.39 is 15.9 Å². The van der Waals surface area contributed by atoms with E-state index in [1.807, 2.05) is 18.2 Å². The van der Waals surface area contributed by atoms with Gasteiger partial charge >= 0.3 is 0 Å². The molecule has 3 rings (SSSR count). The lowest BCUT2D eigenvalue weighted by molar-refractivity contribution is 0.102. The van der Waals surface area contributed by atoms with Gasteiger partial charge in [0.05, 0.1) is 37.4 Å². The van der Waals surface area contributed by atoms with Gasteiger partial charge in [-0.1, -0.05) is 30.3 Å². The number of methoxy groups -OCH3 is 2. The number of hydrogen-bond acceptors (Lipinski definition) is 6. The number of benzene rings is 3. The Morgan fingerprint density at radius 1 is 0.875 bits per heavy atom. The molecule has 0 aromatic heterocycles. The summed E-state index contributed by atoms with van der Waals surface area (Å²) in [6, 6.07) is 19.0. The van der Waals surface area contributed by atoms with Crippen LogP contribution in [0.4, 0.5) is 11.4 Å². The van der Waals surface area contributed by atoms with E-state index in [1.54, 1.807) is 36.4 Å². The molecule has 0 saturated heterocycles. The zero-order chi connectivity index (χ0) is 23.3. The summed E-state index contributed by atoms with van der Waals surface area (Å²) in [6.07, 6.45) is 1.05. The van der Waals surface area contributed by atoms with Crippen molar-refractivity contribution in [3.8, 4) is 23.0 Å². The maximum absolute atomic E-state index is 13.3. The van der Waals surface area contributed by atoms with Gasteiger partial charge in [-0.3, -0.25) is 9.10 Å². The average Bonchev–Trinajstić information content (AvgIpc) is 2.79. The summed E-state index contributed by atoms with van der Waals surface area (Å²) in [5.74, 6) is 1.09. The molecule has 0 saturated carbocycles. The van der Waals surface area contributed by atoms with Crippen molar-refractivity contribution in [3.63, 3.8) is 0 Å². The van der Waals surface area contributed by atoms with Gasteiger partial charge in [0.1, 0.15) is 5.75 Å². The van der Waals surface area contributed by atoms with Crippen LogP contribution < -0.4 is 23.8 Å². The molecule has 0 aliphatic heterocycles. The van der Waals surface area contributed by atoms with Crippen LogP contribution in [-0.2, 0) is 10.0 Å². The van der Waals surface area contributed by atoms with Gasteiger partial charge in [0.15, 0.2) is 17.2 Å². The van der Waals surface area contributed by atoms with Crippen molar-refractivity contribution in [1.29, 1.82) is 0 Å². The number of para-hydroxylation sites is 3. The van der Waals surface area contributed by atoms with Crippen LogP contribution in [0.15, 0.2) is 66.7 Å². The Balaban J connectivity index is 2.01. The fraction of sp³-hybridized carbons (Fsp3) is 0.174. The summed E-state index contributed by atoms with van der Waals surface area (Å²) in [6.45, 7) is 0. The monoisotopic (exact) mass is 456 g/mol. The van der Waals surface area contributed by atoms with E-state index in [2.05, 4.69) is 5.32 Å². The number of anilines is 2. The smallest absolute Gasteiger partial charge is 0.258 e. The van der Waals surface area contributed by atoms with Crippen LogP contribution in [0, 0.1) is 0 Å². The zero-order valence-corrected chi connectivity index (χ0v) is 19.0. The van der Waals surface area contributed by atoms with Crippen LogP contribution in [0.1, 0.15) is 10.4 Å². The van der Waals surface area contributed by atoms with Gasteiger partial charge in [-0.15, -0.1) is 0 Å². The fourth-order valence-corrected chi connectivity index (χ4v) is 3.46. The molecule has 3 aromatic carbocycles. The molecule has 1 N–H and O–H groups in total. The molecule has 0 bridgehead atoms. The molecule has 0 heterocycles. The molecule has 0 fully saturated rings. The van der Waals surface area contributed by atoms with E-state index in [0.29, 0.717) is 22.9 Å². The Morgan fingerprint density at radius 3 is 2.09 bits per heavy atom. The number of hydrogen-bond donors (Lipinski definition) is 1. The second-order valence-corrected chi connectivity index (χ2v) is 8.83. The quantitative estimate of drug-likeness (QED) is 0.547. The summed E-state index contributed by atoms with van der Waals surface area (Å²) in [7, 11) is 0.578. The largest absolute Gasteiger partial charge is 0.493 e. The summed E-state index contributed by atoms with van der Waals surface area (Å²) in [5.41, 5.74) is 0.651. The third-order valence-electron chi connectivity index (χ3n) is 4.69. The Labute approximate surface area is 187 Å². The van der Waals surface area contributed by atoms with Crippen LogP contribution in [0.5, 0.6) is 23.0 Å². The number of nitrogens with zero attached hydrogens (tertiary/aromatic N) is 1. The third-order valence-corrected chi connectivity index (χ3v) is 5.88. The van der Waals surface area contributed by atoms with E-state index in [-0.39, 0.29) is 17.0 Å². The van der Waals surface area contributed by atoms with Crippen LogP contribution in [0.3, 0.4) is 0 Å². The minimum absolute atomic E-state index is 0.0880. The predicted molar refractivity (Wildman–Crippen MR) is 124 cm³/mol. The normalized spacial score (nSPS) is 10.9. The molecule has 3 aromatic rings. The molecule has 8 nitrogen and oxygen atoms in total. The number of ether oxygens (including phenoxy) is 3. The molecular weight excluding hydrogens is 432 g/mol. The number of carbonyl (C=O) groups excluding carboxylic acids is 1. The SMILES string of the molecule is COc1cc(C(=O)Nc2ccccc2Oc2ccccc2)c(N(C)S(C)(=O)=O)cc1OC. The van der Waals surface area contributed by atoms with E-state index in [9.17, 15) is 13.2 Å². The molecule has 0 radical (unpaired) electrons. The highest BCUT2D eigenvalue weighted by molar-refractivity contribution is 7.92. The predicted octanol–water partition coefficient (Wildman–Crippen LogP) is 4.14. The highest BCUT2D eigenvalue weighted by atomic mass is 32.2. The topological polar surface area (TPSA) is 94.2 Å². The van der Waals surface area contributed by atoms with Crippen LogP contribution in [-0.4, -0.2) is 41.8 Å². The summed E-state index contributed by atoms with van der Waals surface area (Å²) >= 11 is 0. The number of nitrogens with one attached hydrogen (secondary N) is 1. The van der Waals surface area contributed by atoms with Gasteiger partial charge < -0.3 is 19.5 Å². The zero-order valence-electron chi connectivity index (χ0n) is 18.2. The van der Waals surface area contributed by atoms with Crippen LogP contribution in [0.25, 0.3) is 0 Å². The van der Waals surface area contributed by atoms with Crippen molar-refractivity contribution < 1.29 is 27.4 Å². The average molecular weight is 457 g/mol. The van der Waals surface area contributed by atoms with Gasteiger partial charge in [-0.05, 0) is 30.3 Å². The maximum atomic E-state index is 13.3. The van der Waals surface area contributed by atoms with E-state index in [0.717, 1.165) is 10.6 Å². The van der Waals surface area contributed by atoms with E-state index in [1.165, 1.54) is 33.4 Å². The van der Waals surface area contributed by atoms with Gasteiger partial charge in [0.2, 0.25) is 10.0 Å². The first-order valence-corrected chi connectivity index (χ1v) is 11.4. The second-order valence-electron chi connectivity index (χ2n) is 6.82. The Bertz CT molecular complexity index is 1210. The van der Waals surface area contributed by atoms with Gasteiger partial charge in [-0.2, -0.15) is 0 Å². The van der Waals surface area contributed by atoms with Crippen molar-refractivity contribution >= 4 is 27.3 Å². The lowest BCUT2D eigenvalue weighted by atomic mass is 10.1. The lowest BCUT2D eigenvalue weighted by Crippen LogP contribution is -2.28. The first kappa shape index (κ1) is 23.0. The molecule has 0 aliphatic rings. The molecule has 168 valence electrons. The maximum Gasteiger partial charge on any atom is 0.258 e. The molecule has 0 unspecified atom stereocenters. The summed E-state index contributed by atoms with van der Waals surface area (Å²) in [5, 5.41) is 2.80. The standard InChI is InChI=1S/C23H24N2O6S/c1-25(32(4,27)28)19-15-22(30-3)21(29-2)14-17(19)23(26)24-18-12-8-9-13-20(18)31-16-10-6-5-7-11-16/h5-15H,1-4H3,(H,24,26). The lowest BCUT2D eigenvalue weighted by Gasteiger charge is -2.22. The number of sulfonamides is 1. The van der Waals surface area contributed by atoms with Gasteiger partial charge in [-0.25, -0.2) is 8.42 Å². The highest BCUT2D eigenvalue weighted by Gasteiger charge is 2.24. The molecule has 0 aliphatic carbocycles. The number of amides is 1. The third kappa shape index (κ3) is 5.12. The van der Waals surface area contributed by atoms with Crippen molar-refractivity contribution in [3.05, 3.63) is 72.3 Å². The Hall–Kier alpha value is -3.72. The van der Waals surface area contributed by atoms with Crippen LogP contribution >= 0.6 is 0 Å². The molecule has 0 atom stereocenters. The molecule has 9 heteroatoms. The van der Waals surface area contributed by atoms with Gasteiger partial charge in [0, 0.05) is 13.1 Å². The number of rotatable bonds is 8. The Morgan fingerprint density at radius 2 is 1.47 bits per heavy atom. The van der Waals surface area contributed by atoms with Crippen molar-refractivity contribution in [2.75, 3.05) is 37.1 Å². The second kappa shape index (κ2) is 9.61. The van der Waals surface area contributed by atoms with Crippen molar-refractivity contribution in [2.24, 2.45) is 0 Å². The van der Waals surface area contributed by atoms with Gasteiger partial charge in [0.25, 0.3) is 5.91 Å². The minimum atomic E-state index is -3.65. The van der Waals surface area contributed by atoms with Crippen LogP contribution in [0.2, 0.25) is 0 Å². The Kier molecular flexibility index (Phi) is 6.89. The summed E-state index contributed by atoms with van der Waals surface area (Å²) in [4.78, 5) is 13.3. The van der Waals surface area contributed by atoms with Crippen molar-refractivity contribution in [1.82, 2.24) is 0 Å². The molecule has 32 heavy (non-hydrogen) atoms.